The van der Waals surface area contributed by atoms with Crippen molar-refractivity contribution < 1.29 is 15.0 Å². The van der Waals surface area contributed by atoms with Crippen LogP contribution in [0.5, 0.6) is 5.75 Å². The van der Waals surface area contributed by atoms with Crippen molar-refractivity contribution in [2.75, 3.05) is 26.2 Å². The Kier molecular flexibility index (Phi) is 5.38. The summed E-state index contributed by atoms with van der Waals surface area (Å²) in [7, 11) is 0. The van der Waals surface area contributed by atoms with Crippen LogP contribution in [0.15, 0.2) is 18.2 Å². The quantitative estimate of drug-likeness (QED) is 0.739. The Morgan fingerprint density at radius 3 is 2.75 bits per heavy atom. The number of benzene rings is 1. The summed E-state index contributed by atoms with van der Waals surface area (Å²) in [6, 6.07) is 5.23. The first-order chi connectivity index (χ1) is 9.70. The fraction of sp³-hybridized carbons (Fsp3) is 0.533. The van der Waals surface area contributed by atoms with Crippen molar-refractivity contribution in [1.29, 1.82) is 0 Å². The van der Waals surface area contributed by atoms with Crippen molar-refractivity contribution in [3.63, 3.8) is 0 Å². The van der Waals surface area contributed by atoms with Gasteiger partial charge in [0.05, 0.1) is 6.61 Å². The minimum atomic E-state index is -0.167. The van der Waals surface area contributed by atoms with E-state index in [-0.39, 0.29) is 18.3 Å². The van der Waals surface area contributed by atoms with E-state index in [9.17, 15) is 9.90 Å². The molecule has 0 spiro atoms. The fourth-order valence-corrected chi connectivity index (χ4v) is 2.44. The van der Waals surface area contributed by atoms with Crippen LogP contribution in [0.1, 0.15) is 24.0 Å². The highest BCUT2D eigenvalue weighted by atomic mass is 16.3. The number of aliphatic hydroxyl groups excluding tert-OH is 1. The number of hydrogen-bond donors (Lipinski definition) is 3. The third-order valence-electron chi connectivity index (χ3n) is 3.64. The molecule has 2 rings (SSSR count). The van der Waals surface area contributed by atoms with Crippen LogP contribution in [-0.4, -0.2) is 47.2 Å². The smallest absolute Gasteiger partial charge is 0.222 e. The molecule has 0 aromatic heterocycles. The lowest BCUT2D eigenvalue weighted by molar-refractivity contribution is -0.131. The molecule has 1 amide bonds. The second-order valence-electron chi connectivity index (χ2n) is 5.11. The zero-order chi connectivity index (χ0) is 14.4. The van der Waals surface area contributed by atoms with Crippen LogP contribution < -0.4 is 5.32 Å². The summed E-state index contributed by atoms with van der Waals surface area (Å²) in [5, 5.41) is 21.8. The largest absolute Gasteiger partial charge is 0.508 e. The van der Waals surface area contributed by atoms with E-state index in [1.54, 1.807) is 12.1 Å². The maximum Gasteiger partial charge on any atom is 0.222 e. The number of carbonyl (C=O) groups excluding carboxylic acids is 1. The Morgan fingerprint density at radius 1 is 1.30 bits per heavy atom. The van der Waals surface area contributed by atoms with Gasteiger partial charge in [0, 0.05) is 38.2 Å². The molecule has 0 atom stereocenters. The molecule has 0 aliphatic carbocycles. The number of hydrogen-bond acceptors (Lipinski definition) is 4. The highest BCUT2D eigenvalue weighted by molar-refractivity contribution is 5.76. The molecule has 1 aromatic carbocycles. The van der Waals surface area contributed by atoms with E-state index in [1.165, 1.54) is 0 Å². The highest BCUT2D eigenvalue weighted by Gasteiger charge is 2.15. The van der Waals surface area contributed by atoms with Gasteiger partial charge in [-0.25, -0.2) is 0 Å². The summed E-state index contributed by atoms with van der Waals surface area (Å²) >= 11 is 0. The predicted molar refractivity (Wildman–Crippen MR) is 76.4 cm³/mol. The molecule has 1 fully saturated rings. The van der Waals surface area contributed by atoms with Crippen molar-refractivity contribution >= 4 is 5.91 Å². The van der Waals surface area contributed by atoms with Gasteiger partial charge in [0.1, 0.15) is 5.75 Å². The number of phenols is 1. The lowest BCUT2D eigenvalue weighted by atomic mass is 10.0. The number of carbonyl (C=O) groups is 1. The Morgan fingerprint density at radius 2 is 2.05 bits per heavy atom. The number of rotatable bonds is 5. The van der Waals surface area contributed by atoms with Crippen molar-refractivity contribution in [2.24, 2.45) is 0 Å². The van der Waals surface area contributed by atoms with Gasteiger partial charge in [-0.15, -0.1) is 0 Å². The molecule has 1 aliphatic rings. The SMILES string of the molecule is O=C(CCCc1ccc(O)c(CO)c1)N1CCNCC1. The second-order valence-corrected chi connectivity index (χ2v) is 5.11. The molecule has 1 saturated heterocycles. The van der Waals surface area contributed by atoms with E-state index in [4.69, 9.17) is 5.11 Å². The zero-order valence-corrected chi connectivity index (χ0v) is 11.6. The van der Waals surface area contributed by atoms with E-state index in [0.717, 1.165) is 44.6 Å². The Labute approximate surface area is 119 Å². The number of nitrogens with one attached hydrogen (secondary N) is 1. The molecule has 110 valence electrons. The minimum Gasteiger partial charge on any atom is -0.508 e. The fourth-order valence-electron chi connectivity index (χ4n) is 2.44. The molecule has 0 radical (unpaired) electrons. The van der Waals surface area contributed by atoms with Crippen LogP contribution in [0.2, 0.25) is 0 Å². The van der Waals surface area contributed by atoms with Gasteiger partial charge in [-0.05, 0) is 30.5 Å². The first-order valence-corrected chi connectivity index (χ1v) is 7.11. The molecule has 0 unspecified atom stereocenters. The molecule has 1 aromatic rings. The monoisotopic (exact) mass is 278 g/mol. The number of piperazine rings is 1. The predicted octanol–water partition coefficient (Wildman–Crippen LogP) is 0.639. The van der Waals surface area contributed by atoms with Crippen molar-refractivity contribution in [2.45, 2.75) is 25.9 Å². The Hall–Kier alpha value is -1.59. The van der Waals surface area contributed by atoms with Crippen LogP contribution in [0, 0.1) is 0 Å². The lowest BCUT2D eigenvalue weighted by Gasteiger charge is -2.27. The maximum absolute atomic E-state index is 12.0. The number of aliphatic hydroxyl groups is 1. The zero-order valence-electron chi connectivity index (χ0n) is 11.6. The van der Waals surface area contributed by atoms with Crippen LogP contribution in [-0.2, 0) is 17.8 Å². The Balaban J connectivity index is 1.79. The summed E-state index contributed by atoms with van der Waals surface area (Å²) in [6.07, 6.45) is 2.12. The Bertz CT molecular complexity index is 456. The third kappa shape index (κ3) is 3.95. The van der Waals surface area contributed by atoms with E-state index >= 15 is 0 Å². The van der Waals surface area contributed by atoms with Crippen LogP contribution in [0.4, 0.5) is 0 Å². The standard InChI is InChI=1S/C15H22N2O3/c18-11-13-10-12(4-5-14(13)19)2-1-3-15(20)17-8-6-16-7-9-17/h4-5,10,16,18-19H,1-3,6-9,11H2. The molecule has 1 heterocycles. The molecule has 0 bridgehead atoms. The molecule has 3 N–H and O–H groups in total. The molecule has 0 saturated carbocycles. The van der Waals surface area contributed by atoms with Gasteiger partial charge in [0.15, 0.2) is 0 Å². The molecule has 5 nitrogen and oxygen atoms in total. The molecule has 20 heavy (non-hydrogen) atoms. The van der Waals surface area contributed by atoms with Gasteiger partial charge < -0.3 is 20.4 Å². The van der Waals surface area contributed by atoms with Gasteiger partial charge in [-0.3, -0.25) is 4.79 Å². The van der Waals surface area contributed by atoms with Gasteiger partial charge in [-0.1, -0.05) is 6.07 Å². The highest BCUT2D eigenvalue weighted by Crippen LogP contribution is 2.19. The summed E-state index contributed by atoms with van der Waals surface area (Å²) in [5.41, 5.74) is 1.58. The van der Waals surface area contributed by atoms with Gasteiger partial charge in [0.2, 0.25) is 5.91 Å². The van der Waals surface area contributed by atoms with E-state index < -0.39 is 0 Å². The molecular weight excluding hydrogens is 256 g/mol. The van der Waals surface area contributed by atoms with Crippen molar-refractivity contribution in [3.05, 3.63) is 29.3 Å². The first kappa shape index (κ1) is 14.8. The topological polar surface area (TPSA) is 72.8 Å². The second kappa shape index (κ2) is 7.26. The summed E-state index contributed by atoms with van der Waals surface area (Å²) in [4.78, 5) is 13.9. The number of amides is 1. The lowest BCUT2D eigenvalue weighted by Crippen LogP contribution is -2.46. The van der Waals surface area contributed by atoms with Gasteiger partial charge >= 0.3 is 0 Å². The average molecular weight is 278 g/mol. The summed E-state index contributed by atoms with van der Waals surface area (Å²) < 4.78 is 0. The maximum atomic E-state index is 12.0. The van der Waals surface area contributed by atoms with Crippen molar-refractivity contribution in [1.82, 2.24) is 10.2 Å². The third-order valence-corrected chi connectivity index (χ3v) is 3.64. The number of aryl methyl sites for hydroxylation is 1. The number of nitrogens with zero attached hydrogens (tertiary/aromatic N) is 1. The van der Waals surface area contributed by atoms with E-state index in [0.29, 0.717) is 12.0 Å². The van der Waals surface area contributed by atoms with E-state index in [1.807, 2.05) is 11.0 Å². The first-order valence-electron chi connectivity index (χ1n) is 7.11. The average Bonchev–Trinajstić information content (AvgIpc) is 2.49. The van der Waals surface area contributed by atoms with Crippen LogP contribution in [0.3, 0.4) is 0 Å². The van der Waals surface area contributed by atoms with Crippen LogP contribution >= 0.6 is 0 Å². The number of aromatic hydroxyl groups is 1. The van der Waals surface area contributed by atoms with Crippen molar-refractivity contribution in [3.8, 4) is 5.75 Å². The normalized spacial score (nSPS) is 15.3. The van der Waals surface area contributed by atoms with E-state index in [2.05, 4.69) is 5.32 Å². The summed E-state index contributed by atoms with van der Waals surface area (Å²) in [6.45, 7) is 3.19. The minimum absolute atomic E-state index is 0.119. The molecular formula is C15H22N2O3. The molecule has 5 heteroatoms. The van der Waals surface area contributed by atoms with Gasteiger partial charge in [-0.2, -0.15) is 0 Å². The van der Waals surface area contributed by atoms with Crippen LogP contribution in [0.25, 0.3) is 0 Å². The molecule has 1 aliphatic heterocycles. The van der Waals surface area contributed by atoms with Gasteiger partial charge in [0.25, 0.3) is 0 Å². The summed E-state index contributed by atoms with van der Waals surface area (Å²) in [5.74, 6) is 0.334.